The fourth-order valence-corrected chi connectivity index (χ4v) is 3.90. The third-order valence-corrected chi connectivity index (χ3v) is 5.91. The molecule has 0 spiro atoms. The fraction of sp³-hybridized carbons (Fsp3) is 0.381. The topological polar surface area (TPSA) is 92.5 Å². The van der Waals surface area contributed by atoms with Crippen molar-refractivity contribution >= 4 is 15.9 Å². The highest BCUT2D eigenvalue weighted by atomic mass is 32.2. The number of sulfonamides is 1. The summed E-state index contributed by atoms with van der Waals surface area (Å²) >= 11 is 0. The quantitative estimate of drug-likeness (QED) is 0.744. The van der Waals surface area contributed by atoms with Crippen molar-refractivity contribution in [2.45, 2.75) is 43.7 Å². The first kappa shape index (κ1) is 20.5. The number of nitrogens with two attached hydrogens (primary N) is 1. The molecule has 3 rings (SSSR count). The second-order valence-corrected chi connectivity index (χ2v) is 8.86. The van der Waals surface area contributed by atoms with Gasteiger partial charge in [0.2, 0.25) is 15.9 Å². The smallest absolute Gasteiger partial charge is 0.238 e. The molecule has 0 aromatic heterocycles. The van der Waals surface area contributed by atoms with E-state index in [-0.39, 0.29) is 17.2 Å². The van der Waals surface area contributed by atoms with Gasteiger partial charge in [0.25, 0.3) is 0 Å². The number of nitrogens with one attached hydrogen (secondary N) is 1. The van der Waals surface area contributed by atoms with Gasteiger partial charge >= 0.3 is 0 Å². The summed E-state index contributed by atoms with van der Waals surface area (Å²) in [4.78, 5) is 14.7. The molecule has 0 atom stereocenters. The minimum Gasteiger partial charge on any atom is -0.352 e. The lowest BCUT2D eigenvalue weighted by atomic mass is 10.1. The number of carbonyl (C=O) groups excluding carboxylic acids is 1. The van der Waals surface area contributed by atoms with Gasteiger partial charge in [0.1, 0.15) is 0 Å². The van der Waals surface area contributed by atoms with Crippen molar-refractivity contribution in [1.29, 1.82) is 0 Å². The predicted molar refractivity (Wildman–Crippen MR) is 109 cm³/mol. The molecule has 1 aliphatic rings. The SMILES string of the molecule is NS(=O)(=O)c1ccc(CC(=O)NCc2ccc(CN3CCCCC3)cc2)cc1. The monoisotopic (exact) mass is 401 g/mol. The molecule has 0 saturated carbocycles. The number of rotatable bonds is 7. The Morgan fingerprint density at radius 3 is 2.07 bits per heavy atom. The molecular formula is C21H27N3O3S. The molecule has 0 bridgehead atoms. The first-order valence-electron chi connectivity index (χ1n) is 9.59. The molecule has 150 valence electrons. The van der Waals surface area contributed by atoms with Gasteiger partial charge in [0, 0.05) is 13.1 Å². The van der Waals surface area contributed by atoms with Gasteiger partial charge < -0.3 is 5.32 Å². The van der Waals surface area contributed by atoms with Crippen LogP contribution in [-0.2, 0) is 34.3 Å². The molecule has 0 aliphatic carbocycles. The zero-order valence-corrected chi connectivity index (χ0v) is 16.7. The van der Waals surface area contributed by atoms with Gasteiger partial charge in [0.15, 0.2) is 0 Å². The van der Waals surface area contributed by atoms with Crippen LogP contribution < -0.4 is 10.5 Å². The molecule has 1 fully saturated rings. The van der Waals surface area contributed by atoms with Crippen LogP contribution in [-0.4, -0.2) is 32.3 Å². The molecule has 0 unspecified atom stereocenters. The molecule has 1 saturated heterocycles. The molecule has 1 aliphatic heterocycles. The summed E-state index contributed by atoms with van der Waals surface area (Å²) in [6.45, 7) is 3.81. The average Bonchev–Trinajstić information content (AvgIpc) is 2.68. The molecule has 2 aromatic carbocycles. The van der Waals surface area contributed by atoms with Gasteiger partial charge in [0.05, 0.1) is 11.3 Å². The van der Waals surface area contributed by atoms with Gasteiger partial charge in [-0.25, -0.2) is 13.6 Å². The third-order valence-electron chi connectivity index (χ3n) is 4.98. The number of primary sulfonamides is 1. The maximum Gasteiger partial charge on any atom is 0.238 e. The van der Waals surface area contributed by atoms with Crippen molar-refractivity contribution in [3.8, 4) is 0 Å². The first-order valence-corrected chi connectivity index (χ1v) is 11.1. The van der Waals surface area contributed by atoms with E-state index < -0.39 is 10.0 Å². The Bertz CT molecular complexity index is 887. The fourth-order valence-electron chi connectivity index (χ4n) is 3.38. The Morgan fingerprint density at radius 1 is 0.893 bits per heavy atom. The number of benzene rings is 2. The van der Waals surface area contributed by atoms with Crippen LogP contribution >= 0.6 is 0 Å². The Hall–Kier alpha value is -2.22. The molecular weight excluding hydrogens is 374 g/mol. The van der Waals surface area contributed by atoms with Crippen LogP contribution in [0.3, 0.4) is 0 Å². The van der Waals surface area contributed by atoms with E-state index in [1.807, 2.05) is 0 Å². The number of carbonyl (C=O) groups is 1. The van der Waals surface area contributed by atoms with Gasteiger partial charge in [-0.15, -0.1) is 0 Å². The minimum absolute atomic E-state index is 0.0429. The highest BCUT2D eigenvalue weighted by molar-refractivity contribution is 7.89. The Kier molecular flexibility index (Phi) is 6.83. The predicted octanol–water partition coefficient (Wildman–Crippen LogP) is 2.18. The van der Waals surface area contributed by atoms with Crippen LogP contribution in [0.1, 0.15) is 36.0 Å². The number of nitrogens with zero attached hydrogens (tertiary/aromatic N) is 1. The van der Waals surface area contributed by atoms with Gasteiger partial charge in [-0.3, -0.25) is 9.69 Å². The highest BCUT2D eigenvalue weighted by Gasteiger charge is 2.11. The Balaban J connectivity index is 1.46. The number of likely N-dealkylation sites (tertiary alicyclic amines) is 1. The third kappa shape index (κ3) is 6.15. The summed E-state index contributed by atoms with van der Waals surface area (Å²) in [5.41, 5.74) is 3.09. The van der Waals surface area contributed by atoms with Crippen molar-refractivity contribution < 1.29 is 13.2 Å². The summed E-state index contributed by atoms with van der Waals surface area (Å²) < 4.78 is 22.5. The maximum atomic E-state index is 12.1. The van der Waals surface area contributed by atoms with E-state index in [1.54, 1.807) is 12.1 Å². The zero-order chi connectivity index (χ0) is 20.0. The van der Waals surface area contributed by atoms with Crippen LogP contribution in [0.5, 0.6) is 0 Å². The van der Waals surface area contributed by atoms with E-state index in [0.717, 1.165) is 17.7 Å². The van der Waals surface area contributed by atoms with Crippen molar-refractivity contribution in [3.63, 3.8) is 0 Å². The van der Waals surface area contributed by atoms with Crippen LogP contribution in [0.2, 0.25) is 0 Å². The zero-order valence-electron chi connectivity index (χ0n) is 15.9. The van der Waals surface area contributed by atoms with Crippen molar-refractivity contribution in [1.82, 2.24) is 10.2 Å². The van der Waals surface area contributed by atoms with E-state index in [9.17, 15) is 13.2 Å². The molecule has 0 radical (unpaired) electrons. The molecule has 2 aromatic rings. The molecule has 7 heteroatoms. The maximum absolute atomic E-state index is 12.1. The lowest BCUT2D eigenvalue weighted by molar-refractivity contribution is -0.120. The van der Waals surface area contributed by atoms with E-state index in [2.05, 4.69) is 34.5 Å². The Labute approximate surface area is 166 Å². The first-order chi connectivity index (χ1) is 13.4. The van der Waals surface area contributed by atoms with Crippen LogP contribution in [0, 0.1) is 0 Å². The van der Waals surface area contributed by atoms with Crippen LogP contribution in [0.4, 0.5) is 0 Å². The van der Waals surface area contributed by atoms with Crippen LogP contribution in [0.25, 0.3) is 0 Å². The van der Waals surface area contributed by atoms with Crippen molar-refractivity contribution in [2.24, 2.45) is 5.14 Å². The second-order valence-electron chi connectivity index (χ2n) is 7.30. The molecule has 1 amide bonds. The lowest BCUT2D eigenvalue weighted by Gasteiger charge is -2.26. The lowest BCUT2D eigenvalue weighted by Crippen LogP contribution is -2.29. The van der Waals surface area contributed by atoms with Crippen LogP contribution in [0.15, 0.2) is 53.4 Å². The summed E-state index contributed by atoms with van der Waals surface area (Å²) in [6, 6.07) is 14.4. The number of hydrogen-bond acceptors (Lipinski definition) is 4. The molecule has 6 nitrogen and oxygen atoms in total. The van der Waals surface area contributed by atoms with E-state index >= 15 is 0 Å². The van der Waals surface area contributed by atoms with E-state index in [1.165, 1.54) is 50.0 Å². The molecule has 28 heavy (non-hydrogen) atoms. The summed E-state index contributed by atoms with van der Waals surface area (Å²) in [5.74, 6) is -0.110. The number of hydrogen-bond donors (Lipinski definition) is 2. The normalized spacial score (nSPS) is 15.3. The number of amides is 1. The minimum atomic E-state index is -3.71. The van der Waals surface area contributed by atoms with Gasteiger partial charge in [-0.2, -0.15) is 0 Å². The van der Waals surface area contributed by atoms with Crippen molar-refractivity contribution in [2.75, 3.05) is 13.1 Å². The number of piperidine rings is 1. The van der Waals surface area contributed by atoms with Gasteiger partial charge in [-0.1, -0.05) is 42.8 Å². The van der Waals surface area contributed by atoms with Gasteiger partial charge in [-0.05, 0) is 54.8 Å². The van der Waals surface area contributed by atoms with E-state index in [0.29, 0.717) is 6.54 Å². The summed E-state index contributed by atoms with van der Waals surface area (Å²) in [5, 5.41) is 7.97. The van der Waals surface area contributed by atoms with Crippen molar-refractivity contribution in [3.05, 3.63) is 65.2 Å². The molecule has 3 N–H and O–H groups in total. The Morgan fingerprint density at radius 2 is 1.46 bits per heavy atom. The van der Waals surface area contributed by atoms with E-state index in [4.69, 9.17) is 5.14 Å². The highest BCUT2D eigenvalue weighted by Crippen LogP contribution is 2.14. The summed E-state index contributed by atoms with van der Waals surface area (Å²) in [7, 11) is -3.71. The standard InChI is InChI=1S/C21H27N3O3S/c22-28(26,27)20-10-8-17(9-11-20)14-21(25)23-15-18-4-6-19(7-5-18)16-24-12-2-1-3-13-24/h4-11H,1-3,12-16H2,(H,23,25)(H2,22,26,27). The largest absolute Gasteiger partial charge is 0.352 e. The summed E-state index contributed by atoms with van der Waals surface area (Å²) in [6.07, 6.45) is 4.10. The molecule has 1 heterocycles. The second kappa shape index (κ2) is 9.32. The average molecular weight is 402 g/mol.